The van der Waals surface area contributed by atoms with Gasteiger partial charge in [-0.05, 0) is 30.9 Å². The summed E-state index contributed by atoms with van der Waals surface area (Å²) in [5.74, 6) is 2.24. The van der Waals surface area contributed by atoms with Crippen LogP contribution in [0.2, 0.25) is 4.34 Å². The standard InChI is InChI=1S/C15H20ClN3S/c1-4-7-17-14-9-11(8-10(2)3)18-15(19-14)12-5-6-13(16)20-12/h5-6,9-10H,4,7-8H2,1-3H3,(H,17,18,19). The summed E-state index contributed by atoms with van der Waals surface area (Å²) in [6.45, 7) is 7.46. The monoisotopic (exact) mass is 309 g/mol. The molecule has 20 heavy (non-hydrogen) atoms. The van der Waals surface area contributed by atoms with Crippen molar-refractivity contribution in [2.24, 2.45) is 5.92 Å². The number of halogens is 1. The molecule has 2 aromatic rings. The fourth-order valence-corrected chi connectivity index (χ4v) is 2.89. The zero-order valence-electron chi connectivity index (χ0n) is 12.1. The van der Waals surface area contributed by atoms with Crippen LogP contribution in [-0.4, -0.2) is 16.5 Å². The predicted molar refractivity (Wildman–Crippen MR) is 87.7 cm³/mol. The SMILES string of the molecule is CCCNc1cc(CC(C)C)nc(-c2ccc(Cl)s2)n1. The molecular formula is C15H20ClN3S. The van der Waals surface area contributed by atoms with E-state index in [9.17, 15) is 0 Å². The summed E-state index contributed by atoms with van der Waals surface area (Å²) in [4.78, 5) is 10.3. The summed E-state index contributed by atoms with van der Waals surface area (Å²) in [6.07, 6.45) is 2.03. The Bertz CT molecular complexity index is 566. The first kappa shape index (κ1) is 15.3. The van der Waals surface area contributed by atoms with Crippen LogP contribution in [0.1, 0.15) is 32.9 Å². The Hall–Kier alpha value is -1.13. The predicted octanol–water partition coefficient (Wildman–Crippen LogP) is 4.88. The summed E-state index contributed by atoms with van der Waals surface area (Å²) < 4.78 is 0.765. The highest BCUT2D eigenvalue weighted by atomic mass is 35.5. The summed E-state index contributed by atoms with van der Waals surface area (Å²) >= 11 is 7.52. The lowest BCUT2D eigenvalue weighted by atomic mass is 10.1. The van der Waals surface area contributed by atoms with E-state index in [0.29, 0.717) is 5.92 Å². The van der Waals surface area contributed by atoms with Gasteiger partial charge in [0, 0.05) is 18.3 Å². The van der Waals surface area contributed by atoms with Gasteiger partial charge in [-0.1, -0.05) is 32.4 Å². The number of nitrogens with zero attached hydrogens (tertiary/aromatic N) is 2. The highest BCUT2D eigenvalue weighted by Crippen LogP contribution is 2.29. The first-order valence-corrected chi connectivity index (χ1v) is 8.15. The molecule has 0 saturated carbocycles. The first-order valence-electron chi connectivity index (χ1n) is 6.96. The number of anilines is 1. The Morgan fingerprint density at radius 2 is 2.10 bits per heavy atom. The van der Waals surface area contributed by atoms with E-state index in [4.69, 9.17) is 11.6 Å². The molecule has 108 valence electrons. The molecule has 0 amide bonds. The molecule has 2 rings (SSSR count). The lowest BCUT2D eigenvalue weighted by Gasteiger charge is -2.10. The van der Waals surface area contributed by atoms with Crippen molar-refractivity contribution in [3.05, 3.63) is 28.2 Å². The van der Waals surface area contributed by atoms with E-state index in [0.717, 1.165) is 45.9 Å². The van der Waals surface area contributed by atoms with E-state index in [2.05, 4.69) is 36.1 Å². The van der Waals surface area contributed by atoms with Gasteiger partial charge in [0.1, 0.15) is 5.82 Å². The first-order chi connectivity index (χ1) is 9.58. The van der Waals surface area contributed by atoms with Crippen molar-refractivity contribution in [2.45, 2.75) is 33.6 Å². The van der Waals surface area contributed by atoms with Gasteiger partial charge in [0.05, 0.1) is 9.21 Å². The average Bonchev–Trinajstić information content (AvgIpc) is 2.82. The molecule has 0 aliphatic carbocycles. The molecule has 2 heterocycles. The number of aromatic nitrogens is 2. The molecule has 0 atom stereocenters. The molecule has 0 spiro atoms. The topological polar surface area (TPSA) is 37.8 Å². The van der Waals surface area contributed by atoms with Crippen molar-refractivity contribution < 1.29 is 0 Å². The zero-order valence-corrected chi connectivity index (χ0v) is 13.7. The molecule has 1 N–H and O–H groups in total. The summed E-state index contributed by atoms with van der Waals surface area (Å²) in [5.41, 5.74) is 1.08. The number of hydrogen-bond acceptors (Lipinski definition) is 4. The van der Waals surface area contributed by atoms with E-state index >= 15 is 0 Å². The van der Waals surface area contributed by atoms with Gasteiger partial charge in [-0.15, -0.1) is 11.3 Å². The minimum absolute atomic E-state index is 0.573. The molecule has 0 bridgehead atoms. The van der Waals surface area contributed by atoms with Gasteiger partial charge < -0.3 is 5.32 Å². The normalized spacial score (nSPS) is 11.1. The van der Waals surface area contributed by atoms with Crippen LogP contribution in [0.5, 0.6) is 0 Å². The molecule has 0 aliphatic rings. The van der Waals surface area contributed by atoms with E-state index in [1.54, 1.807) is 0 Å². The maximum absolute atomic E-state index is 6.01. The smallest absolute Gasteiger partial charge is 0.171 e. The molecule has 3 nitrogen and oxygen atoms in total. The second kappa shape index (κ2) is 7.04. The van der Waals surface area contributed by atoms with E-state index in [1.807, 2.05) is 18.2 Å². The molecule has 0 saturated heterocycles. The van der Waals surface area contributed by atoms with E-state index < -0.39 is 0 Å². The molecule has 5 heteroatoms. The third-order valence-electron chi connectivity index (χ3n) is 2.75. The second-order valence-corrected chi connectivity index (χ2v) is 6.91. The fourth-order valence-electron chi connectivity index (χ4n) is 1.91. The summed E-state index contributed by atoms with van der Waals surface area (Å²) in [6, 6.07) is 5.92. The molecule has 0 fully saturated rings. The maximum Gasteiger partial charge on any atom is 0.171 e. The van der Waals surface area contributed by atoms with Crippen LogP contribution in [0.4, 0.5) is 5.82 Å². The summed E-state index contributed by atoms with van der Waals surface area (Å²) in [7, 11) is 0. The number of nitrogens with one attached hydrogen (secondary N) is 1. The lowest BCUT2D eigenvalue weighted by molar-refractivity contribution is 0.635. The Labute approximate surface area is 129 Å². The Morgan fingerprint density at radius 3 is 2.70 bits per heavy atom. The van der Waals surface area contributed by atoms with Crippen LogP contribution in [-0.2, 0) is 6.42 Å². The van der Waals surface area contributed by atoms with Crippen molar-refractivity contribution >= 4 is 28.8 Å². The summed E-state index contributed by atoms with van der Waals surface area (Å²) in [5, 5.41) is 3.35. The molecule has 0 radical (unpaired) electrons. The third-order valence-corrected chi connectivity index (χ3v) is 3.97. The number of thiophene rings is 1. The Kier molecular flexibility index (Phi) is 5.38. The van der Waals surface area contributed by atoms with Gasteiger partial charge in [-0.2, -0.15) is 0 Å². The molecule has 2 aromatic heterocycles. The van der Waals surface area contributed by atoms with Crippen molar-refractivity contribution in [1.29, 1.82) is 0 Å². The van der Waals surface area contributed by atoms with Crippen molar-refractivity contribution in [3.63, 3.8) is 0 Å². The van der Waals surface area contributed by atoms with Crippen molar-refractivity contribution in [1.82, 2.24) is 9.97 Å². The number of hydrogen-bond donors (Lipinski definition) is 1. The van der Waals surface area contributed by atoms with Gasteiger partial charge in [0.25, 0.3) is 0 Å². The van der Waals surface area contributed by atoms with Crippen LogP contribution in [0.15, 0.2) is 18.2 Å². The highest BCUT2D eigenvalue weighted by Gasteiger charge is 2.10. The lowest BCUT2D eigenvalue weighted by Crippen LogP contribution is -2.06. The van der Waals surface area contributed by atoms with Crippen molar-refractivity contribution in [2.75, 3.05) is 11.9 Å². The zero-order chi connectivity index (χ0) is 14.5. The fraction of sp³-hybridized carbons (Fsp3) is 0.467. The molecular weight excluding hydrogens is 290 g/mol. The second-order valence-electron chi connectivity index (χ2n) is 5.20. The van der Waals surface area contributed by atoms with E-state index in [-0.39, 0.29) is 0 Å². The van der Waals surface area contributed by atoms with Crippen molar-refractivity contribution in [3.8, 4) is 10.7 Å². The third kappa shape index (κ3) is 4.18. The largest absolute Gasteiger partial charge is 0.370 e. The van der Waals surface area contributed by atoms with Gasteiger partial charge in [-0.25, -0.2) is 9.97 Å². The van der Waals surface area contributed by atoms with Crippen LogP contribution >= 0.6 is 22.9 Å². The quantitative estimate of drug-likeness (QED) is 0.826. The average molecular weight is 310 g/mol. The highest BCUT2D eigenvalue weighted by molar-refractivity contribution is 7.19. The minimum atomic E-state index is 0.573. The Morgan fingerprint density at radius 1 is 1.30 bits per heavy atom. The van der Waals surface area contributed by atoms with Crippen LogP contribution in [0.3, 0.4) is 0 Å². The molecule has 0 aliphatic heterocycles. The van der Waals surface area contributed by atoms with Crippen LogP contribution in [0, 0.1) is 5.92 Å². The number of rotatable bonds is 6. The van der Waals surface area contributed by atoms with E-state index in [1.165, 1.54) is 11.3 Å². The Balaban J connectivity index is 2.34. The minimum Gasteiger partial charge on any atom is -0.370 e. The molecule has 0 aromatic carbocycles. The van der Waals surface area contributed by atoms with Gasteiger partial charge in [0.15, 0.2) is 5.82 Å². The van der Waals surface area contributed by atoms with Gasteiger partial charge >= 0.3 is 0 Å². The van der Waals surface area contributed by atoms with Gasteiger partial charge in [0.2, 0.25) is 0 Å². The molecule has 0 unspecified atom stereocenters. The van der Waals surface area contributed by atoms with Crippen LogP contribution in [0.25, 0.3) is 10.7 Å². The van der Waals surface area contributed by atoms with Gasteiger partial charge in [-0.3, -0.25) is 0 Å². The van der Waals surface area contributed by atoms with Crippen LogP contribution < -0.4 is 5.32 Å². The maximum atomic E-state index is 6.01.